The number of pyridine rings is 1. The lowest BCUT2D eigenvalue weighted by molar-refractivity contribution is 0.102. The summed E-state index contributed by atoms with van der Waals surface area (Å²) in [4.78, 5) is 16.5. The minimum absolute atomic E-state index is 0.140. The van der Waals surface area contributed by atoms with Gasteiger partial charge in [0, 0.05) is 17.3 Å². The predicted octanol–water partition coefficient (Wildman–Crippen LogP) is 3.97. The molecule has 0 atom stereocenters. The second kappa shape index (κ2) is 5.58. The van der Waals surface area contributed by atoms with E-state index in [2.05, 4.69) is 10.3 Å². The Morgan fingerprint density at radius 2 is 1.96 bits per heavy atom. The van der Waals surface area contributed by atoms with Crippen LogP contribution in [0.4, 0.5) is 18.9 Å². The molecule has 0 saturated carbocycles. The van der Waals surface area contributed by atoms with Crippen LogP contribution in [0.3, 0.4) is 0 Å². The molecule has 1 aromatic carbocycles. The molecule has 0 saturated heterocycles. The van der Waals surface area contributed by atoms with E-state index in [1.165, 1.54) is 10.6 Å². The number of carbonyl (C=O) groups is 1. The SMILES string of the molecule is Cc1nc2cc(Cl)ccn2c1C(=O)Nc1ccc(F)c(F)c1F. The van der Waals surface area contributed by atoms with Crippen molar-refractivity contribution in [3.8, 4) is 0 Å². The normalized spacial score (nSPS) is 11.0. The lowest BCUT2D eigenvalue weighted by Gasteiger charge is -2.08. The molecule has 2 aromatic heterocycles. The lowest BCUT2D eigenvalue weighted by Crippen LogP contribution is -2.17. The second-order valence-corrected chi connectivity index (χ2v) is 5.23. The molecule has 3 rings (SSSR count). The number of rotatable bonds is 2. The van der Waals surface area contributed by atoms with Gasteiger partial charge in [-0.2, -0.15) is 0 Å². The summed E-state index contributed by atoms with van der Waals surface area (Å²) in [5, 5.41) is 2.66. The van der Waals surface area contributed by atoms with Gasteiger partial charge in [-0.25, -0.2) is 18.2 Å². The van der Waals surface area contributed by atoms with Gasteiger partial charge in [0.05, 0.1) is 11.4 Å². The van der Waals surface area contributed by atoms with E-state index in [-0.39, 0.29) is 5.69 Å². The standard InChI is InChI=1S/C15H9ClF3N3O/c1-7-14(22-5-4-8(16)6-11(22)20-7)15(23)21-10-3-2-9(17)12(18)13(10)19/h2-6H,1H3,(H,21,23). The zero-order valence-corrected chi connectivity index (χ0v) is 12.5. The molecule has 4 nitrogen and oxygen atoms in total. The first-order valence-electron chi connectivity index (χ1n) is 6.47. The second-order valence-electron chi connectivity index (χ2n) is 4.80. The number of carbonyl (C=O) groups excluding carboxylic acids is 1. The van der Waals surface area contributed by atoms with Gasteiger partial charge in [-0.15, -0.1) is 0 Å². The Morgan fingerprint density at radius 3 is 2.70 bits per heavy atom. The maximum absolute atomic E-state index is 13.7. The number of anilines is 1. The summed E-state index contributed by atoms with van der Waals surface area (Å²) < 4.78 is 41.3. The minimum Gasteiger partial charge on any atom is -0.318 e. The van der Waals surface area contributed by atoms with Crippen LogP contribution >= 0.6 is 11.6 Å². The van der Waals surface area contributed by atoms with Gasteiger partial charge in [0.2, 0.25) is 0 Å². The molecule has 0 bridgehead atoms. The molecule has 0 aliphatic heterocycles. The highest BCUT2D eigenvalue weighted by Crippen LogP contribution is 2.22. The number of aryl methyl sites for hydroxylation is 1. The Balaban J connectivity index is 2.02. The van der Waals surface area contributed by atoms with Crippen molar-refractivity contribution in [2.24, 2.45) is 0 Å². The highest BCUT2D eigenvalue weighted by molar-refractivity contribution is 6.30. The molecule has 0 fully saturated rings. The zero-order valence-electron chi connectivity index (χ0n) is 11.7. The molecule has 0 unspecified atom stereocenters. The van der Waals surface area contributed by atoms with Gasteiger partial charge < -0.3 is 5.32 Å². The molecular formula is C15H9ClF3N3O. The van der Waals surface area contributed by atoms with E-state index in [1.807, 2.05) is 0 Å². The third-order valence-corrected chi connectivity index (χ3v) is 3.50. The average Bonchev–Trinajstić information content (AvgIpc) is 2.82. The summed E-state index contributed by atoms with van der Waals surface area (Å²) in [6, 6.07) is 4.80. The molecule has 8 heteroatoms. The number of hydrogen-bond acceptors (Lipinski definition) is 2. The van der Waals surface area contributed by atoms with Gasteiger partial charge in [-0.05, 0) is 25.1 Å². The Labute approximate surface area is 133 Å². The number of imidazole rings is 1. The van der Waals surface area contributed by atoms with Crippen molar-refractivity contribution in [1.82, 2.24) is 9.38 Å². The Morgan fingerprint density at radius 1 is 1.22 bits per heavy atom. The van der Waals surface area contributed by atoms with Crippen LogP contribution in [0.2, 0.25) is 5.02 Å². The fourth-order valence-corrected chi connectivity index (χ4v) is 2.37. The molecule has 3 aromatic rings. The summed E-state index contributed by atoms with van der Waals surface area (Å²) in [7, 11) is 0. The molecule has 2 heterocycles. The largest absolute Gasteiger partial charge is 0.318 e. The average molecular weight is 340 g/mol. The van der Waals surface area contributed by atoms with E-state index in [0.717, 1.165) is 12.1 Å². The Hall–Kier alpha value is -2.54. The van der Waals surface area contributed by atoms with Gasteiger partial charge in [0.1, 0.15) is 11.3 Å². The zero-order chi connectivity index (χ0) is 16.7. The summed E-state index contributed by atoms with van der Waals surface area (Å²) in [5.74, 6) is -5.15. The number of nitrogens with one attached hydrogen (secondary N) is 1. The summed E-state index contributed by atoms with van der Waals surface area (Å²) in [6.45, 7) is 1.59. The number of nitrogens with zero attached hydrogens (tertiary/aromatic N) is 2. The van der Waals surface area contributed by atoms with Gasteiger partial charge in [-0.3, -0.25) is 9.20 Å². The van der Waals surface area contributed by atoms with Crippen LogP contribution in [-0.2, 0) is 0 Å². The van der Waals surface area contributed by atoms with Crippen LogP contribution < -0.4 is 5.32 Å². The van der Waals surface area contributed by atoms with Gasteiger partial charge in [0.15, 0.2) is 17.5 Å². The predicted molar refractivity (Wildman–Crippen MR) is 79.2 cm³/mol. The third kappa shape index (κ3) is 2.63. The van der Waals surface area contributed by atoms with Crippen molar-refractivity contribution in [2.45, 2.75) is 6.92 Å². The first-order valence-corrected chi connectivity index (χ1v) is 6.85. The highest BCUT2D eigenvalue weighted by atomic mass is 35.5. The maximum Gasteiger partial charge on any atom is 0.274 e. The van der Waals surface area contributed by atoms with Crippen molar-refractivity contribution in [3.05, 3.63) is 64.3 Å². The summed E-state index contributed by atoms with van der Waals surface area (Å²) in [5.41, 5.74) is 0.497. The fourth-order valence-electron chi connectivity index (χ4n) is 2.22. The molecule has 0 spiro atoms. The molecule has 0 radical (unpaired) electrons. The van der Waals surface area contributed by atoms with E-state index in [0.29, 0.717) is 16.4 Å². The Kier molecular flexibility index (Phi) is 3.73. The molecule has 1 N–H and O–H groups in total. The van der Waals surface area contributed by atoms with Gasteiger partial charge >= 0.3 is 0 Å². The molecule has 1 amide bonds. The van der Waals surface area contributed by atoms with Gasteiger partial charge in [-0.1, -0.05) is 11.6 Å². The van der Waals surface area contributed by atoms with E-state index in [9.17, 15) is 18.0 Å². The molecular weight excluding hydrogens is 331 g/mol. The minimum atomic E-state index is -1.65. The van der Waals surface area contributed by atoms with Crippen LogP contribution in [0.25, 0.3) is 5.65 Å². The van der Waals surface area contributed by atoms with E-state index < -0.39 is 29.0 Å². The first kappa shape index (κ1) is 15.4. The van der Waals surface area contributed by atoms with Crippen molar-refractivity contribution in [2.75, 3.05) is 5.32 Å². The Bertz CT molecular complexity index is 939. The first-order chi connectivity index (χ1) is 10.9. The third-order valence-electron chi connectivity index (χ3n) is 3.26. The van der Waals surface area contributed by atoms with Crippen molar-refractivity contribution < 1.29 is 18.0 Å². The van der Waals surface area contributed by atoms with Crippen molar-refractivity contribution >= 4 is 28.8 Å². The number of benzene rings is 1. The van der Waals surface area contributed by atoms with Crippen LogP contribution in [0.1, 0.15) is 16.2 Å². The molecule has 118 valence electrons. The summed E-state index contributed by atoms with van der Waals surface area (Å²) in [6.07, 6.45) is 1.54. The fraction of sp³-hybridized carbons (Fsp3) is 0.0667. The number of aromatic nitrogens is 2. The van der Waals surface area contributed by atoms with Crippen LogP contribution in [-0.4, -0.2) is 15.3 Å². The molecule has 23 heavy (non-hydrogen) atoms. The maximum atomic E-state index is 13.7. The van der Waals surface area contributed by atoms with Crippen LogP contribution in [0, 0.1) is 24.4 Å². The van der Waals surface area contributed by atoms with E-state index in [1.54, 1.807) is 19.1 Å². The van der Waals surface area contributed by atoms with Crippen molar-refractivity contribution in [1.29, 1.82) is 0 Å². The van der Waals surface area contributed by atoms with E-state index >= 15 is 0 Å². The monoisotopic (exact) mass is 339 g/mol. The quantitative estimate of drug-likeness (QED) is 0.718. The van der Waals surface area contributed by atoms with Crippen molar-refractivity contribution in [3.63, 3.8) is 0 Å². The number of hydrogen-bond donors (Lipinski definition) is 1. The lowest BCUT2D eigenvalue weighted by atomic mass is 10.2. The molecule has 0 aliphatic rings. The van der Waals surface area contributed by atoms with Crippen LogP contribution in [0.5, 0.6) is 0 Å². The van der Waals surface area contributed by atoms with E-state index in [4.69, 9.17) is 11.6 Å². The number of halogens is 4. The summed E-state index contributed by atoms with van der Waals surface area (Å²) >= 11 is 5.86. The molecule has 0 aliphatic carbocycles. The van der Waals surface area contributed by atoms with Gasteiger partial charge in [0.25, 0.3) is 5.91 Å². The number of fused-ring (bicyclic) bond motifs is 1. The number of amides is 1. The topological polar surface area (TPSA) is 46.4 Å². The highest BCUT2D eigenvalue weighted by Gasteiger charge is 2.20. The van der Waals surface area contributed by atoms with Crippen LogP contribution in [0.15, 0.2) is 30.5 Å². The smallest absolute Gasteiger partial charge is 0.274 e.